The number of rotatable bonds is 7. The van der Waals surface area contributed by atoms with E-state index in [0.29, 0.717) is 5.75 Å². The van der Waals surface area contributed by atoms with Crippen LogP contribution in [0, 0.1) is 0 Å². The highest BCUT2D eigenvalue weighted by atomic mass is 127. The highest BCUT2D eigenvalue weighted by Crippen LogP contribution is 2.27. The summed E-state index contributed by atoms with van der Waals surface area (Å²) in [6.45, 7) is 4.54. The Labute approximate surface area is 189 Å². The van der Waals surface area contributed by atoms with E-state index in [4.69, 9.17) is 9.98 Å². The molecular weight excluding hydrogens is 483 g/mol. The van der Waals surface area contributed by atoms with Gasteiger partial charge in [0.1, 0.15) is 10.8 Å². The SMILES string of the molecule is CCNC(=NCCCc1ccc(O)cc1)N(C)Cc1nc2c(s1)CCCC2.I. The number of hydrogen-bond donors (Lipinski definition) is 2. The van der Waals surface area contributed by atoms with Crippen molar-refractivity contribution in [3.8, 4) is 5.75 Å². The van der Waals surface area contributed by atoms with E-state index in [9.17, 15) is 5.11 Å². The van der Waals surface area contributed by atoms with Crippen molar-refractivity contribution in [1.29, 1.82) is 0 Å². The van der Waals surface area contributed by atoms with E-state index >= 15 is 0 Å². The zero-order chi connectivity index (χ0) is 19.1. The number of thiazole rings is 1. The molecule has 0 fully saturated rings. The van der Waals surface area contributed by atoms with Crippen LogP contribution >= 0.6 is 35.3 Å². The molecule has 2 N–H and O–H groups in total. The molecule has 7 heteroatoms. The van der Waals surface area contributed by atoms with Gasteiger partial charge >= 0.3 is 0 Å². The summed E-state index contributed by atoms with van der Waals surface area (Å²) in [5, 5.41) is 13.9. The van der Waals surface area contributed by atoms with Crippen LogP contribution in [0.3, 0.4) is 0 Å². The summed E-state index contributed by atoms with van der Waals surface area (Å²) in [6.07, 6.45) is 6.86. The maximum Gasteiger partial charge on any atom is 0.194 e. The molecule has 154 valence electrons. The lowest BCUT2D eigenvalue weighted by atomic mass is 10.0. The summed E-state index contributed by atoms with van der Waals surface area (Å²) in [5.74, 6) is 1.26. The molecule has 0 saturated carbocycles. The molecule has 5 nitrogen and oxygen atoms in total. The quantitative estimate of drug-likeness (QED) is 0.249. The second kappa shape index (κ2) is 11.6. The summed E-state index contributed by atoms with van der Waals surface area (Å²) in [6, 6.07) is 7.43. The van der Waals surface area contributed by atoms with E-state index < -0.39 is 0 Å². The molecule has 1 aromatic carbocycles. The minimum atomic E-state index is 0. The second-order valence-electron chi connectivity index (χ2n) is 7.05. The van der Waals surface area contributed by atoms with Gasteiger partial charge in [0.2, 0.25) is 0 Å². The third-order valence-corrected chi connectivity index (χ3v) is 5.92. The number of nitrogens with zero attached hydrogens (tertiary/aromatic N) is 3. The van der Waals surface area contributed by atoms with Crippen molar-refractivity contribution in [3.63, 3.8) is 0 Å². The highest BCUT2D eigenvalue weighted by molar-refractivity contribution is 14.0. The predicted octanol–water partition coefficient (Wildman–Crippen LogP) is 4.38. The van der Waals surface area contributed by atoms with Crippen LogP contribution in [0.2, 0.25) is 0 Å². The van der Waals surface area contributed by atoms with Gasteiger partial charge in [0.15, 0.2) is 5.96 Å². The van der Waals surface area contributed by atoms with Gasteiger partial charge in [0, 0.05) is 25.0 Å². The maximum atomic E-state index is 9.36. The van der Waals surface area contributed by atoms with E-state index in [0.717, 1.165) is 44.9 Å². The van der Waals surface area contributed by atoms with Crippen molar-refractivity contribution >= 4 is 41.3 Å². The Hall–Kier alpha value is -1.35. The number of benzene rings is 1. The van der Waals surface area contributed by atoms with Gasteiger partial charge in [0.25, 0.3) is 0 Å². The topological polar surface area (TPSA) is 60.8 Å². The van der Waals surface area contributed by atoms with Gasteiger partial charge in [-0.05, 0) is 63.1 Å². The van der Waals surface area contributed by atoms with Crippen LogP contribution in [0.15, 0.2) is 29.3 Å². The Morgan fingerprint density at radius 2 is 2.00 bits per heavy atom. The standard InChI is InChI=1S/C21H30N4OS.HI/c1-3-22-21(23-14-6-7-16-10-12-17(26)13-11-16)25(2)15-20-24-18-8-4-5-9-19(18)27-20;/h10-13,26H,3-9,14-15H2,1-2H3,(H,22,23);1H. The third kappa shape index (κ3) is 6.62. The first-order valence-corrected chi connectivity index (χ1v) is 10.7. The summed E-state index contributed by atoms with van der Waals surface area (Å²) in [7, 11) is 2.09. The summed E-state index contributed by atoms with van der Waals surface area (Å²) in [5.41, 5.74) is 2.56. The van der Waals surface area contributed by atoms with Crippen molar-refractivity contribution in [3.05, 3.63) is 45.4 Å². The van der Waals surface area contributed by atoms with Gasteiger partial charge < -0.3 is 15.3 Å². The Balaban J connectivity index is 0.00000280. The van der Waals surface area contributed by atoms with Crippen LogP contribution < -0.4 is 5.32 Å². The van der Waals surface area contributed by atoms with Crippen LogP contribution in [-0.4, -0.2) is 41.1 Å². The molecule has 0 atom stereocenters. The van der Waals surface area contributed by atoms with Crippen molar-refractivity contribution in [2.24, 2.45) is 4.99 Å². The molecule has 0 amide bonds. The lowest BCUT2D eigenvalue weighted by Gasteiger charge is -2.21. The minimum absolute atomic E-state index is 0. The Morgan fingerprint density at radius 1 is 1.25 bits per heavy atom. The summed E-state index contributed by atoms with van der Waals surface area (Å²) < 4.78 is 0. The third-order valence-electron chi connectivity index (χ3n) is 4.78. The van der Waals surface area contributed by atoms with Crippen molar-refractivity contribution in [1.82, 2.24) is 15.2 Å². The van der Waals surface area contributed by atoms with E-state index in [-0.39, 0.29) is 24.0 Å². The van der Waals surface area contributed by atoms with Crippen molar-refractivity contribution in [2.45, 2.75) is 52.0 Å². The molecule has 28 heavy (non-hydrogen) atoms. The zero-order valence-corrected chi connectivity index (χ0v) is 19.9. The van der Waals surface area contributed by atoms with Gasteiger partial charge in [-0.3, -0.25) is 4.99 Å². The van der Waals surface area contributed by atoms with E-state index in [1.807, 2.05) is 23.5 Å². The normalized spacial score (nSPS) is 13.6. The smallest absolute Gasteiger partial charge is 0.194 e. The number of phenolic OH excluding ortho intramolecular Hbond substituents is 1. The fraction of sp³-hybridized carbons (Fsp3) is 0.524. The average Bonchev–Trinajstić information content (AvgIpc) is 3.08. The predicted molar refractivity (Wildman–Crippen MR) is 128 cm³/mol. The molecule has 0 radical (unpaired) electrons. The minimum Gasteiger partial charge on any atom is -0.508 e. The molecule has 3 rings (SSSR count). The first-order chi connectivity index (χ1) is 13.2. The molecule has 0 spiro atoms. The number of halogens is 1. The van der Waals surface area contributed by atoms with E-state index in [2.05, 4.69) is 24.2 Å². The van der Waals surface area contributed by atoms with E-state index in [1.54, 1.807) is 12.1 Å². The average molecular weight is 514 g/mol. The van der Waals surface area contributed by atoms with Crippen LogP contribution in [-0.2, 0) is 25.8 Å². The van der Waals surface area contributed by atoms with Gasteiger partial charge in [-0.25, -0.2) is 4.98 Å². The largest absolute Gasteiger partial charge is 0.508 e. The summed E-state index contributed by atoms with van der Waals surface area (Å²) >= 11 is 1.87. The fourth-order valence-electron chi connectivity index (χ4n) is 3.35. The Morgan fingerprint density at radius 3 is 2.71 bits per heavy atom. The number of phenols is 1. The number of aromatic hydroxyl groups is 1. The lowest BCUT2D eigenvalue weighted by Crippen LogP contribution is -2.38. The van der Waals surface area contributed by atoms with Crippen LogP contribution in [0.1, 0.15) is 47.3 Å². The number of aromatic nitrogens is 1. The number of guanidine groups is 1. The molecule has 1 aromatic heterocycles. The Kier molecular flexibility index (Phi) is 9.50. The molecular formula is C21H31IN4OS. The van der Waals surface area contributed by atoms with Gasteiger partial charge in [-0.1, -0.05) is 12.1 Å². The van der Waals surface area contributed by atoms with Gasteiger partial charge in [-0.2, -0.15) is 0 Å². The second-order valence-corrected chi connectivity index (χ2v) is 8.21. The fourth-order valence-corrected chi connectivity index (χ4v) is 4.56. The van der Waals surface area contributed by atoms with Crippen LogP contribution in [0.25, 0.3) is 0 Å². The molecule has 0 bridgehead atoms. The zero-order valence-electron chi connectivity index (χ0n) is 16.8. The van der Waals surface area contributed by atoms with Crippen molar-refractivity contribution < 1.29 is 5.11 Å². The number of aryl methyl sites for hydroxylation is 3. The number of hydrogen-bond acceptors (Lipinski definition) is 4. The van der Waals surface area contributed by atoms with Crippen LogP contribution in [0.5, 0.6) is 5.75 Å². The van der Waals surface area contributed by atoms with Gasteiger partial charge in [0.05, 0.1) is 12.2 Å². The molecule has 0 aliphatic heterocycles. The molecule has 0 unspecified atom stereocenters. The molecule has 1 heterocycles. The first kappa shape index (κ1) is 22.9. The Bertz CT molecular complexity index is 737. The maximum absolute atomic E-state index is 9.36. The van der Waals surface area contributed by atoms with Gasteiger partial charge in [-0.15, -0.1) is 35.3 Å². The number of nitrogens with one attached hydrogen (secondary N) is 1. The van der Waals surface area contributed by atoms with Crippen LogP contribution in [0.4, 0.5) is 0 Å². The highest BCUT2D eigenvalue weighted by Gasteiger charge is 2.16. The monoisotopic (exact) mass is 514 g/mol. The lowest BCUT2D eigenvalue weighted by molar-refractivity contribution is 0.474. The molecule has 2 aromatic rings. The molecule has 1 aliphatic carbocycles. The number of fused-ring (bicyclic) bond motifs is 1. The number of aliphatic imine (C=N–C) groups is 1. The van der Waals surface area contributed by atoms with E-state index in [1.165, 1.54) is 40.4 Å². The first-order valence-electron chi connectivity index (χ1n) is 9.90. The van der Waals surface area contributed by atoms with Crippen molar-refractivity contribution in [2.75, 3.05) is 20.1 Å². The molecule has 1 aliphatic rings. The molecule has 0 saturated heterocycles. The summed E-state index contributed by atoms with van der Waals surface area (Å²) in [4.78, 5) is 13.3.